The third-order valence-electron chi connectivity index (χ3n) is 3.83. The van der Waals surface area contributed by atoms with Crippen LogP contribution in [0, 0.1) is 0 Å². The van der Waals surface area contributed by atoms with Crippen LogP contribution in [-0.2, 0) is 9.63 Å². The molecular weight excluding hydrogens is 304 g/mol. The molecule has 0 unspecified atom stereocenters. The van der Waals surface area contributed by atoms with Crippen LogP contribution >= 0.6 is 0 Å². The predicted molar refractivity (Wildman–Crippen MR) is 95.3 cm³/mol. The number of allylic oxidation sites excluding steroid dienone is 1. The maximum Gasteiger partial charge on any atom is 0.260 e. The zero-order valence-corrected chi connectivity index (χ0v) is 14.3. The van der Waals surface area contributed by atoms with Crippen molar-refractivity contribution in [2.24, 2.45) is 5.16 Å². The standard InChI is InChI=1S/C19H26N2O3/c1-2-23-18-11-7-6-10-17(18)14-21-24-15-19(22)20-13-12-16-8-4-3-5-9-16/h6-8,10-11,14H,2-5,9,12-13,15H2,1H3,(H,20,22)/b21-14-. The molecule has 0 atom stereocenters. The van der Waals surface area contributed by atoms with Crippen molar-refractivity contribution in [2.75, 3.05) is 19.8 Å². The number of amides is 1. The molecule has 0 aromatic heterocycles. The van der Waals surface area contributed by atoms with Crippen molar-refractivity contribution in [3.63, 3.8) is 0 Å². The average Bonchev–Trinajstić information content (AvgIpc) is 2.61. The third kappa shape index (κ3) is 6.44. The summed E-state index contributed by atoms with van der Waals surface area (Å²) in [5, 5.41) is 6.70. The van der Waals surface area contributed by atoms with Crippen LogP contribution in [0.2, 0.25) is 0 Å². The number of hydrogen-bond donors (Lipinski definition) is 1. The molecule has 0 radical (unpaired) electrons. The summed E-state index contributed by atoms with van der Waals surface area (Å²) in [6.07, 6.45) is 9.67. The Labute approximate surface area is 143 Å². The second kappa shape index (κ2) is 10.5. The van der Waals surface area contributed by atoms with E-state index in [9.17, 15) is 4.79 Å². The predicted octanol–water partition coefficient (Wildman–Crippen LogP) is 3.44. The molecule has 1 N–H and O–H groups in total. The van der Waals surface area contributed by atoms with Gasteiger partial charge in [-0.2, -0.15) is 0 Å². The van der Waals surface area contributed by atoms with Crippen molar-refractivity contribution in [3.8, 4) is 5.75 Å². The van der Waals surface area contributed by atoms with Crippen molar-refractivity contribution >= 4 is 12.1 Å². The Morgan fingerprint density at radius 3 is 3.00 bits per heavy atom. The summed E-state index contributed by atoms with van der Waals surface area (Å²) in [4.78, 5) is 16.8. The van der Waals surface area contributed by atoms with Crippen molar-refractivity contribution in [3.05, 3.63) is 41.5 Å². The first-order valence-corrected chi connectivity index (χ1v) is 8.61. The highest BCUT2D eigenvalue weighted by molar-refractivity contribution is 5.83. The second-order valence-electron chi connectivity index (χ2n) is 5.69. The van der Waals surface area contributed by atoms with E-state index in [4.69, 9.17) is 9.57 Å². The molecule has 0 spiro atoms. The molecule has 5 heteroatoms. The van der Waals surface area contributed by atoms with Gasteiger partial charge in [0.1, 0.15) is 5.75 Å². The number of carbonyl (C=O) groups excluding carboxylic acids is 1. The quantitative estimate of drug-likeness (QED) is 0.429. The summed E-state index contributed by atoms with van der Waals surface area (Å²) in [6.45, 7) is 3.10. The van der Waals surface area contributed by atoms with Gasteiger partial charge in [-0.1, -0.05) is 28.9 Å². The zero-order valence-electron chi connectivity index (χ0n) is 14.3. The molecule has 5 nitrogen and oxygen atoms in total. The molecule has 2 rings (SSSR count). The highest BCUT2D eigenvalue weighted by Crippen LogP contribution is 2.19. The van der Waals surface area contributed by atoms with Crippen LogP contribution in [0.1, 0.15) is 44.6 Å². The number of carbonyl (C=O) groups is 1. The van der Waals surface area contributed by atoms with Gasteiger partial charge in [0.25, 0.3) is 5.91 Å². The maximum absolute atomic E-state index is 11.7. The van der Waals surface area contributed by atoms with E-state index in [-0.39, 0.29) is 12.5 Å². The molecule has 1 aromatic rings. The van der Waals surface area contributed by atoms with Gasteiger partial charge in [0, 0.05) is 12.1 Å². The number of benzene rings is 1. The van der Waals surface area contributed by atoms with Gasteiger partial charge in [-0.15, -0.1) is 0 Å². The second-order valence-corrected chi connectivity index (χ2v) is 5.69. The molecule has 1 aliphatic rings. The van der Waals surface area contributed by atoms with Gasteiger partial charge in [-0.25, -0.2) is 0 Å². The zero-order chi connectivity index (χ0) is 17.0. The number of hydrogen-bond acceptors (Lipinski definition) is 4. The number of oxime groups is 1. The van der Waals surface area contributed by atoms with E-state index >= 15 is 0 Å². The van der Waals surface area contributed by atoms with E-state index in [1.807, 2.05) is 31.2 Å². The van der Waals surface area contributed by atoms with Crippen LogP contribution in [0.4, 0.5) is 0 Å². The lowest BCUT2D eigenvalue weighted by Gasteiger charge is -2.12. The number of nitrogens with one attached hydrogen (secondary N) is 1. The Kier molecular flexibility index (Phi) is 7.87. The van der Waals surface area contributed by atoms with Crippen molar-refractivity contribution in [1.82, 2.24) is 5.32 Å². The van der Waals surface area contributed by atoms with Gasteiger partial charge in [-0.3, -0.25) is 4.79 Å². The van der Waals surface area contributed by atoms with E-state index in [1.54, 1.807) is 6.21 Å². The summed E-state index contributed by atoms with van der Waals surface area (Å²) in [5.41, 5.74) is 2.28. The topological polar surface area (TPSA) is 59.9 Å². The van der Waals surface area contributed by atoms with Crippen LogP contribution in [0.25, 0.3) is 0 Å². The fraction of sp³-hybridized carbons (Fsp3) is 0.474. The van der Waals surface area contributed by atoms with Gasteiger partial charge < -0.3 is 14.9 Å². The molecule has 0 saturated heterocycles. The number of nitrogens with zero attached hydrogens (tertiary/aromatic N) is 1. The minimum Gasteiger partial charge on any atom is -0.493 e. The fourth-order valence-electron chi connectivity index (χ4n) is 2.61. The van der Waals surface area contributed by atoms with E-state index in [1.165, 1.54) is 24.8 Å². The van der Waals surface area contributed by atoms with Crippen LogP contribution in [-0.4, -0.2) is 31.9 Å². The molecule has 1 amide bonds. The molecule has 1 aromatic carbocycles. The maximum atomic E-state index is 11.7. The Balaban J connectivity index is 1.66. The molecule has 130 valence electrons. The summed E-state index contributed by atoms with van der Waals surface area (Å²) < 4.78 is 5.49. The Morgan fingerprint density at radius 2 is 2.21 bits per heavy atom. The first kappa shape index (κ1) is 18.0. The third-order valence-corrected chi connectivity index (χ3v) is 3.83. The molecule has 0 aliphatic heterocycles. The molecule has 0 fully saturated rings. The minimum atomic E-state index is -0.151. The summed E-state index contributed by atoms with van der Waals surface area (Å²) in [5.74, 6) is 0.596. The average molecular weight is 330 g/mol. The Morgan fingerprint density at radius 1 is 1.33 bits per heavy atom. The first-order chi connectivity index (χ1) is 11.8. The molecule has 1 aliphatic carbocycles. The van der Waals surface area contributed by atoms with Crippen LogP contribution in [0.15, 0.2) is 41.1 Å². The van der Waals surface area contributed by atoms with E-state index in [0.29, 0.717) is 13.2 Å². The summed E-state index contributed by atoms with van der Waals surface area (Å²) in [6, 6.07) is 7.56. The monoisotopic (exact) mass is 330 g/mol. The van der Waals surface area contributed by atoms with Gasteiger partial charge in [0.05, 0.1) is 12.8 Å². The van der Waals surface area contributed by atoms with Crippen LogP contribution < -0.4 is 10.1 Å². The van der Waals surface area contributed by atoms with E-state index in [0.717, 1.165) is 24.2 Å². The SMILES string of the molecule is CCOc1ccccc1/C=N\OCC(=O)NCCC1=CCCCC1. The Hall–Kier alpha value is -2.30. The molecule has 0 saturated carbocycles. The molecule has 0 bridgehead atoms. The molecule has 24 heavy (non-hydrogen) atoms. The summed E-state index contributed by atoms with van der Waals surface area (Å²) in [7, 11) is 0. The van der Waals surface area contributed by atoms with Crippen molar-refractivity contribution in [1.29, 1.82) is 0 Å². The lowest BCUT2D eigenvalue weighted by molar-refractivity contribution is -0.125. The lowest BCUT2D eigenvalue weighted by atomic mass is 9.97. The Bertz CT molecular complexity index is 582. The van der Waals surface area contributed by atoms with E-state index in [2.05, 4.69) is 16.5 Å². The van der Waals surface area contributed by atoms with Gasteiger partial charge >= 0.3 is 0 Å². The van der Waals surface area contributed by atoms with Gasteiger partial charge in [-0.05, 0) is 51.2 Å². The highest BCUT2D eigenvalue weighted by Gasteiger charge is 2.05. The molecule has 0 heterocycles. The highest BCUT2D eigenvalue weighted by atomic mass is 16.6. The molecular formula is C19H26N2O3. The largest absolute Gasteiger partial charge is 0.493 e. The smallest absolute Gasteiger partial charge is 0.260 e. The van der Waals surface area contributed by atoms with Crippen molar-refractivity contribution < 1.29 is 14.4 Å². The van der Waals surface area contributed by atoms with Gasteiger partial charge in [0.2, 0.25) is 0 Å². The number of ether oxygens (including phenoxy) is 1. The van der Waals surface area contributed by atoms with E-state index < -0.39 is 0 Å². The minimum absolute atomic E-state index is 0.0770. The number of para-hydroxylation sites is 1. The van der Waals surface area contributed by atoms with Gasteiger partial charge in [0.15, 0.2) is 6.61 Å². The van der Waals surface area contributed by atoms with Crippen LogP contribution in [0.5, 0.6) is 5.75 Å². The normalized spacial score (nSPS) is 14.3. The fourth-order valence-corrected chi connectivity index (χ4v) is 2.61. The van der Waals surface area contributed by atoms with Crippen LogP contribution in [0.3, 0.4) is 0 Å². The first-order valence-electron chi connectivity index (χ1n) is 8.61. The summed E-state index contributed by atoms with van der Waals surface area (Å²) >= 11 is 0. The van der Waals surface area contributed by atoms with Crippen molar-refractivity contribution in [2.45, 2.75) is 39.0 Å². The lowest BCUT2D eigenvalue weighted by Crippen LogP contribution is -2.28. The number of rotatable bonds is 9.